The normalized spacial score (nSPS) is 15.3. The average molecular weight is 375 g/mol. The summed E-state index contributed by atoms with van der Waals surface area (Å²) in [5.74, 6) is 0.0705. The fourth-order valence-electron chi connectivity index (χ4n) is 3.24. The van der Waals surface area contributed by atoms with Crippen molar-refractivity contribution < 1.29 is 9.59 Å². The van der Waals surface area contributed by atoms with E-state index in [2.05, 4.69) is 14.8 Å². The molecule has 7 heteroatoms. The lowest BCUT2D eigenvalue weighted by Crippen LogP contribution is -2.49. The summed E-state index contributed by atoms with van der Waals surface area (Å²) in [5.41, 5.74) is 2.19. The predicted octanol–water partition coefficient (Wildman–Crippen LogP) is 2.30. The van der Waals surface area contributed by atoms with E-state index >= 15 is 0 Å². The van der Waals surface area contributed by atoms with Gasteiger partial charge in [-0.05, 0) is 25.1 Å². The Kier molecular flexibility index (Phi) is 5.44. The van der Waals surface area contributed by atoms with Gasteiger partial charge in [-0.2, -0.15) is 0 Å². The van der Waals surface area contributed by atoms with Crippen molar-refractivity contribution in [2.24, 2.45) is 0 Å². The van der Waals surface area contributed by atoms with E-state index in [0.717, 1.165) is 42.8 Å². The summed E-state index contributed by atoms with van der Waals surface area (Å²) in [6.07, 6.45) is 1.72. The van der Waals surface area contributed by atoms with Crippen molar-refractivity contribution in [3.8, 4) is 0 Å². The van der Waals surface area contributed by atoms with Crippen molar-refractivity contribution in [2.45, 2.75) is 6.92 Å². The first-order valence-electron chi connectivity index (χ1n) is 8.64. The molecule has 0 radical (unpaired) electrons. The molecule has 1 amide bonds. The highest BCUT2D eigenvalue weighted by Crippen LogP contribution is 2.35. The van der Waals surface area contributed by atoms with Crippen LogP contribution in [-0.4, -0.2) is 73.3 Å². The summed E-state index contributed by atoms with van der Waals surface area (Å²) < 4.78 is 0. The zero-order valence-electron chi connectivity index (χ0n) is 15.3. The van der Waals surface area contributed by atoms with Crippen molar-refractivity contribution in [3.63, 3.8) is 0 Å². The third kappa shape index (κ3) is 3.66. The number of hydrogen-bond acceptors (Lipinski definition) is 5. The Bertz CT molecular complexity index is 845. The van der Waals surface area contributed by atoms with Crippen LogP contribution in [0.25, 0.3) is 10.9 Å². The minimum absolute atomic E-state index is 0.0281. The summed E-state index contributed by atoms with van der Waals surface area (Å²) >= 11 is 6.37. The molecule has 0 saturated carbocycles. The lowest BCUT2D eigenvalue weighted by atomic mass is 10.0. The second-order valence-corrected chi connectivity index (χ2v) is 7.17. The molecular formula is C19H23ClN4O2. The van der Waals surface area contributed by atoms with Gasteiger partial charge in [-0.15, -0.1) is 0 Å². The first-order valence-corrected chi connectivity index (χ1v) is 9.02. The summed E-state index contributed by atoms with van der Waals surface area (Å²) in [4.78, 5) is 34.6. The Morgan fingerprint density at radius 1 is 1.23 bits per heavy atom. The van der Waals surface area contributed by atoms with Gasteiger partial charge in [0.15, 0.2) is 5.78 Å². The lowest BCUT2D eigenvalue weighted by Gasteiger charge is -2.37. The number of piperazine rings is 1. The predicted molar refractivity (Wildman–Crippen MR) is 104 cm³/mol. The summed E-state index contributed by atoms with van der Waals surface area (Å²) in [5, 5.41) is 1.39. The van der Waals surface area contributed by atoms with Gasteiger partial charge in [0.2, 0.25) is 5.91 Å². The van der Waals surface area contributed by atoms with Crippen molar-refractivity contribution >= 4 is 39.9 Å². The molecular weight excluding hydrogens is 352 g/mol. The number of aromatic nitrogens is 1. The van der Waals surface area contributed by atoms with Gasteiger partial charge in [0.1, 0.15) is 0 Å². The van der Waals surface area contributed by atoms with E-state index in [9.17, 15) is 9.59 Å². The number of anilines is 1. The number of fused-ring (bicyclic) bond motifs is 1. The molecule has 138 valence electrons. The van der Waals surface area contributed by atoms with E-state index < -0.39 is 0 Å². The van der Waals surface area contributed by atoms with Crippen molar-refractivity contribution in [1.82, 2.24) is 14.8 Å². The van der Waals surface area contributed by atoms with Gasteiger partial charge >= 0.3 is 0 Å². The third-order valence-electron chi connectivity index (χ3n) is 4.74. The number of ketones is 1. The molecule has 3 rings (SSSR count). The van der Waals surface area contributed by atoms with Gasteiger partial charge in [0.05, 0.1) is 22.8 Å². The zero-order chi connectivity index (χ0) is 18.8. The number of nitrogens with zero attached hydrogens (tertiary/aromatic N) is 4. The first-order chi connectivity index (χ1) is 12.4. The van der Waals surface area contributed by atoms with Crippen LogP contribution in [0.3, 0.4) is 0 Å². The Labute approximate surface area is 158 Å². The molecule has 0 atom stereocenters. The van der Waals surface area contributed by atoms with Gasteiger partial charge in [0, 0.05) is 57.4 Å². The number of likely N-dealkylation sites (N-methyl/N-ethyl adjacent to an activating group) is 1. The molecule has 1 aromatic carbocycles. The lowest BCUT2D eigenvalue weighted by molar-refractivity contribution is -0.129. The highest BCUT2D eigenvalue weighted by Gasteiger charge is 2.25. The number of rotatable bonds is 4. The molecule has 1 aliphatic rings. The smallest absolute Gasteiger partial charge is 0.236 e. The summed E-state index contributed by atoms with van der Waals surface area (Å²) in [6, 6.07) is 5.51. The molecule has 0 spiro atoms. The highest BCUT2D eigenvalue weighted by atomic mass is 35.5. The van der Waals surface area contributed by atoms with Crippen molar-refractivity contribution in [3.05, 3.63) is 35.0 Å². The molecule has 26 heavy (non-hydrogen) atoms. The summed E-state index contributed by atoms with van der Waals surface area (Å²) in [7, 11) is 3.53. The number of hydrogen-bond donors (Lipinski definition) is 0. The number of amides is 1. The SMILES string of the molecule is CC(=O)c1cc(Cl)c2cccnc2c1N1CCN(CC(=O)N(C)C)CC1. The molecule has 1 fully saturated rings. The molecule has 1 aromatic heterocycles. The van der Waals surface area contributed by atoms with Crippen LogP contribution in [0.4, 0.5) is 5.69 Å². The molecule has 0 bridgehead atoms. The first kappa shape index (κ1) is 18.6. The number of carbonyl (C=O) groups is 2. The maximum atomic E-state index is 12.2. The minimum Gasteiger partial charge on any atom is -0.367 e. The van der Waals surface area contributed by atoms with Crippen molar-refractivity contribution in [2.75, 3.05) is 51.7 Å². The number of pyridine rings is 1. The second kappa shape index (κ2) is 7.60. The molecule has 0 aliphatic carbocycles. The molecule has 0 N–H and O–H groups in total. The van der Waals surface area contributed by atoms with Crippen LogP contribution in [-0.2, 0) is 4.79 Å². The van der Waals surface area contributed by atoms with Gasteiger partial charge in [-0.3, -0.25) is 19.5 Å². The molecule has 1 aliphatic heterocycles. The molecule has 2 aromatic rings. The van der Waals surface area contributed by atoms with Gasteiger partial charge in [-0.25, -0.2) is 0 Å². The molecule has 0 unspecified atom stereocenters. The van der Waals surface area contributed by atoms with Crippen LogP contribution in [0.2, 0.25) is 5.02 Å². The largest absolute Gasteiger partial charge is 0.367 e. The van der Waals surface area contributed by atoms with E-state index in [4.69, 9.17) is 11.6 Å². The van der Waals surface area contributed by atoms with Gasteiger partial charge in [-0.1, -0.05) is 11.6 Å². The Morgan fingerprint density at radius 3 is 2.54 bits per heavy atom. The number of carbonyl (C=O) groups excluding carboxylic acids is 2. The van der Waals surface area contributed by atoms with Gasteiger partial charge < -0.3 is 9.80 Å². The topological polar surface area (TPSA) is 56.8 Å². The molecule has 6 nitrogen and oxygen atoms in total. The second-order valence-electron chi connectivity index (χ2n) is 6.76. The quantitative estimate of drug-likeness (QED) is 0.768. The van der Waals surface area contributed by atoms with Crippen LogP contribution in [0, 0.1) is 0 Å². The molecule has 1 saturated heterocycles. The van der Waals surface area contributed by atoms with Crippen LogP contribution < -0.4 is 4.90 Å². The van der Waals surface area contributed by atoms with Crippen LogP contribution in [0.15, 0.2) is 24.4 Å². The van der Waals surface area contributed by atoms with Crippen LogP contribution in [0.1, 0.15) is 17.3 Å². The fraction of sp³-hybridized carbons (Fsp3) is 0.421. The zero-order valence-corrected chi connectivity index (χ0v) is 16.1. The Balaban J connectivity index is 1.89. The standard InChI is InChI=1S/C19H23ClN4O2/c1-13(25)15-11-16(20)14-5-4-6-21-18(14)19(15)24-9-7-23(8-10-24)12-17(26)22(2)3/h4-6,11H,7-10,12H2,1-3H3. The summed E-state index contributed by atoms with van der Waals surface area (Å²) in [6.45, 7) is 4.94. The molecule has 2 heterocycles. The van der Waals surface area contributed by atoms with E-state index in [-0.39, 0.29) is 11.7 Å². The van der Waals surface area contributed by atoms with E-state index in [1.54, 1.807) is 38.2 Å². The van der Waals surface area contributed by atoms with E-state index in [1.807, 2.05) is 12.1 Å². The van der Waals surface area contributed by atoms with Crippen LogP contribution in [0.5, 0.6) is 0 Å². The van der Waals surface area contributed by atoms with Crippen molar-refractivity contribution in [1.29, 1.82) is 0 Å². The number of benzene rings is 1. The average Bonchev–Trinajstić information content (AvgIpc) is 2.62. The maximum absolute atomic E-state index is 12.2. The third-order valence-corrected chi connectivity index (χ3v) is 5.05. The van der Waals surface area contributed by atoms with Gasteiger partial charge in [0.25, 0.3) is 0 Å². The Hall–Kier alpha value is -2.18. The number of Topliss-reactive ketones (excluding diaryl/α,β-unsaturated/α-hetero) is 1. The van der Waals surface area contributed by atoms with E-state index in [0.29, 0.717) is 17.1 Å². The Morgan fingerprint density at radius 2 is 1.92 bits per heavy atom. The maximum Gasteiger partial charge on any atom is 0.236 e. The fourth-order valence-corrected chi connectivity index (χ4v) is 3.50. The van der Waals surface area contributed by atoms with Crippen LogP contribution >= 0.6 is 11.6 Å². The number of halogens is 1. The minimum atomic E-state index is -0.0281. The monoisotopic (exact) mass is 374 g/mol. The highest BCUT2D eigenvalue weighted by molar-refractivity contribution is 6.36. The van der Waals surface area contributed by atoms with E-state index in [1.165, 1.54) is 0 Å².